The highest BCUT2D eigenvalue weighted by Crippen LogP contribution is 2.62. The molecule has 2 aliphatic rings. The van der Waals surface area contributed by atoms with Gasteiger partial charge in [0.05, 0.1) is 125 Å². The van der Waals surface area contributed by atoms with E-state index >= 15 is 0 Å². The van der Waals surface area contributed by atoms with E-state index in [1.807, 2.05) is 145 Å². The summed E-state index contributed by atoms with van der Waals surface area (Å²) in [6.07, 6.45) is 9.58. The zero-order valence-electron chi connectivity index (χ0n) is 79.8. The van der Waals surface area contributed by atoms with Gasteiger partial charge in [0.2, 0.25) is 5.75 Å². The lowest BCUT2D eigenvalue weighted by Crippen LogP contribution is -2.31. The van der Waals surface area contributed by atoms with Crippen molar-refractivity contribution in [1.29, 1.82) is 0 Å². The summed E-state index contributed by atoms with van der Waals surface area (Å²) >= 11 is 9.02. The van der Waals surface area contributed by atoms with Gasteiger partial charge >= 0.3 is 0 Å². The Labute approximate surface area is 823 Å². The van der Waals surface area contributed by atoms with Gasteiger partial charge in [0.15, 0.2) is 11.5 Å². The average Bonchev–Trinajstić information content (AvgIpc) is 1.20. The van der Waals surface area contributed by atoms with E-state index in [1.165, 1.54) is 67.0 Å². The normalized spacial score (nSPS) is 12.6. The highest BCUT2D eigenvalue weighted by molar-refractivity contribution is 8.30. The Kier molecular flexibility index (Phi) is 39.6. The van der Waals surface area contributed by atoms with E-state index in [0.717, 1.165) is 86.2 Å². The maximum Gasteiger partial charge on any atom is 0.203 e. The lowest BCUT2D eigenvalue weighted by Gasteiger charge is -2.38. The van der Waals surface area contributed by atoms with Crippen molar-refractivity contribution in [3.8, 4) is 51.7 Å². The van der Waals surface area contributed by atoms with Crippen LogP contribution in [0.1, 0.15) is 110 Å². The molecule has 0 spiro atoms. The van der Waals surface area contributed by atoms with Crippen LogP contribution in [0.2, 0.25) is 0 Å². The average molecular weight is 1940 g/mol. The third-order valence-electron chi connectivity index (χ3n) is 22.7. The molecule has 0 bridgehead atoms. The molecule has 0 amide bonds. The predicted molar refractivity (Wildman–Crippen MR) is 545 cm³/mol. The minimum Gasteiger partial charge on any atom is -0.491 e. The third kappa shape index (κ3) is 29.9. The molecule has 722 valence electrons. The Balaban J connectivity index is 0.500. The van der Waals surface area contributed by atoms with Crippen molar-refractivity contribution in [1.82, 2.24) is 9.30 Å². The topological polar surface area (TPSA) is 185 Å². The van der Waals surface area contributed by atoms with Crippen LogP contribution in [0.25, 0.3) is 10.8 Å². The SMILES string of the molecule is CCc1ccc(C(c2ccc(OCCOCCn3cc4c(c3)SC(=C3Sc5cn(OCCOCCOc6cccc7c(OCCOCCSCc8cc(OCc9ccc(OCCOCCOC)cc9)c(OCc9ccc(OCCOCCOC)cc9)c(OCc9ccc(OCCOCCOC)cc9)c8)cccc67)cc5S3)S4)cc2)(c2ccc(C(C)(C)C)cc2)c2ccc(C(C)(C)C)cc2)cc1. The number of nitrogens with zero attached hydrogens (tertiary/aromatic N) is 2. The van der Waals surface area contributed by atoms with E-state index in [0.29, 0.717) is 168 Å². The number of aromatic nitrogens is 2. The second kappa shape index (κ2) is 52.8. The van der Waals surface area contributed by atoms with Crippen molar-refractivity contribution in [2.24, 2.45) is 0 Å². The van der Waals surface area contributed by atoms with Gasteiger partial charge in [0, 0.05) is 82.1 Å². The summed E-state index contributed by atoms with van der Waals surface area (Å²) in [5.74, 6) is 7.42. The number of hydrogen-bond donors (Lipinski definition) is 0. The fraction of sp³-hybridized carbons (Fsp3) is 0.382. The number of thioether (sulfide) groups is 5. The molecule has 0 fully saturated rings. The van der Waals surface area contributed by atoms with Crippen LogP contribution in [0.3, 0.4) is 0 Å². The van der Waals surface area contributed by atoms with Crippen molar-refractivity contribution in [3.05, 3.63) is 313 Å². The number of methoxy groups -OCH3 is 3. The van der Waals surface area contributed by atoms with Crippen LogP contribution in [0, 0.1) is 0 Å². The largest absolute Gasteiger partial charge is 0.491 e. The zero-order chi connectivity index (χ0) is 94.6. The molecule has 0 radical (unpaired) electrons. The van der Waals surface area contributed by atoms with Gasteiger partial charge in [0.1, 0.15) is 101 Å². The quantitative estimate of drug-likeness (QED) is 0.0259. The highest BCUT2D eigenvalue weighted by Gasteiger charge is 2.40. The van der Waals surface area contributed by atoms with Crippen LogP contribution < -0.4 is 47.5 Å². The van der Waals surface area contributed by atoms with Crippen molar-refractivity contribution in [2.45, 2.75) is 123 Å². The molecule has 26 heteroatoms. The smallest absolute Gasteiger partial charge is 0.203 e. The van der Waals surface area contributed by atoms with Gasteiger partial charge in [0.25, 0.3) is 0 Å². The molecular formula is C110H128N2O19S5. The molecule has 0 N–H and O–H groups in total. The zero-order valence-corrected chi connectivity index (χ0v) is 83.9. The first-order chi connectivity index (χ1) is 66.5. The van der Waals surface area contributed by atoms with Crippen molar-refractivity contribution in [3.63, 3.8) is 0 Å². The van der Waals surface area contributed by atoms with E-state index in [9.17, 15) is 0 Å². The number of ether oxygens (including phenoxy) is 18. The number of benzene rings is 10. The van der Waals surface area contributed by atoms with Gasteiger partial charge in [-0.05, 0) is 151 Å². The second-order valence-corrected chi connectivity index (χ2v) is 40.3. The first kappa shape index (κ1) is 102. The van der Waals surface area contributed by atoms with Crippen LogP contribution in [0.5, 0.6) is 51.7 Å². The molecule has 136 heavy (non-hydrogen) atoms. The van der Waals surface area contributed by atoms with Crippen LogP contribution >= 0.6 is 58.8 Å². The van der Waals surface area contributed by atoms with Crippen LogP contribution in [0.15, 0.2) is 271 Å². The Hall–Kier alpha value is -9.85. The van der Waals surface area contributed by atoms with E-state index < -0.39 is 5.41 Å². The summed E-state index contributed by atoms with van der Waals surface area (Å²) in [6.45, 7) is 27.4. The molecule has 2 aliphatic heterocycles. The minimum absolute atomic E-state index is 0.0292. The summed E-state index contributed by atoms with van der Waals surface area (Å²) < 4.78 is 114. The first-order valence-corrected chi connectivity index (χ1v) is 51.0. The monoisotopic (exact) mass is 1940 g/mol. The third-order valence-corrected chi connectivity index (χ3v) is 29.2. The Bertz CT molecular complexity index is 5460. The van der Waals surface area contributed by atoms with Gasteiger partial charge in [-0.25, -0.2) is 0 Å². The fourth-order valence-electron chi connectivity index (χ4n) is 15.3. The summed E-state index contributed by atoms with van der Waals surface area (Å²) in [6, 6.07) is 76.1. The maximum absolute atomic E-state index is 6.74. The summed E-state index contributed by atoms with van der Waals surface area (Å²) in [5, 5.41) is 1.90. The molecule has 14 rings (SSSR count). The lowest BCUT2D eigenvalue weighted by atomic mass is 9.64. The number of fused-ring (bicyclic) bond motifs is 3. The van der Waals surface area contributed by atoms with E-state index in [2.05, 4.69) is 175 Å². The van der Waals surface area contributed by atoms with E-state index in [4.69, 9.17) is 90.1 Å². The molecule has 0 saturated carbocycles. The standard InChI is InChI=1S/C110H128N2O19S5/c1-11-80-18-26-87(27-19-80)110(88-32-28-85(29-33-88)108(2,3)4,89-34-30-86(31-35-89)109(5,6)7)90-36-44-94(45-37-90)125-61-54-116-47-46-111-72-101-102(73-111)134-106(133-101)107-135-103-74-112(75-104(103)136-107)131-67-60-120-58-65-126-97-16-12-15-96-95(97)14-13-17-98(96)127-66-59-121-68-69-132-79-84-70-99(128-76-81-20-38-91(39-21-81)122-62-55-117-51-48-113-8)105(130-78-83-24-42-93(43-25-83)124-64-57-119-53-50-115-10)100(71-84)129-77-82-22-40-92(41-23-82)123-63-56-118-52-49-114-9/h12-45,70-75H,11,46-69,76-79H2,1-10H3. The fourth-order valence-corrected chi connectivity index (χ4v) is 21.5. The molecule has 0 saturated heterocycles. The molecular weight excluding hydrogens is 1810 g/mol. The lowest BCUT2D eigenvalue weighted by molar-refractivity contribution is 0.0287. The maximum atomic E-state index is 6.74. The first-order valence-electron chi connectivity index (χ1n) is 46.5. The summed E-state index contributed by atoms with van der Waals surface area (Å²) in [4.78, 5) is 11.0. The summed E-state index contributed by atoms with van der Waals surface area (Å²) in [5.41, 5.74) is 12.1. The Morgan fingerprint density at radius 1 is 0.294 bits per heavy atom. The Morgan fingerprint density at radius 2 is 0.625 bits per heavy atom. The predicted octanol–water partition coefficient (Wildman–Crippen LogP) is 23.0. The van der Waals surface area contributed by atoms with Crippen molar-refractivity contribution in [2.75, 3.05) is 172 Å². The minimum atomic E-state index is -0.575. The van der Waals surface area contributed by atoms with Gasteiger partial charge < -0.3 is 94.7 Å². The van der Waals surface area contributed by atoms with Crippen LogP contribution in [-0.4, -0.2) is 182 Å². The van der Waals surface area contributed by atoms with Gasteiger partial charge in [-0.2, -0.15) is 16.5 Å². The van der Waals surface area contributed by atoms with Gasteiger partial charge in [-0.1, -0.05) is 241 Å². The number of hydrogen-bond acceptors (Lipinski definition) is 24. The van der Waals surface area contributed by atoms with E-state index in [1.54, 1.807) is 61.3 Å². The summed E-state index contributed by atoms with van der Waals surface area (Å²) in [7, 11) is 4.95. The number of rotatable bonds is 59. The van der Waals surface area contributed by atoms with Crippen molar-refractivity contribution < 1.29 is 90.1 Å². The molecule has 4 heterocycles. The second-order valence-electron chi connectivity index (χ2n) is 34.5. The van der Waals surface area contributed by atoms with Crippen molar-refractivity contribution >= 4 is 69.6 Å². The van der Waals surface area contributed by atoms with E-state index in [-0.39, 0.29) is 30.7 Å². The molecule has 0 unspecified atom stereocenters. The molecule has 12 aromatic rings. The van der Waals surface area contributed by atoms with Crippen LogP contribution in [0.4, 0.5) is 0 Å². The van der Waals surface area contributed by atoms with Gasteiger partial charge in [-0.15, -0.1) is 0 Å². The Morgan fingerprint density at radius 3 is 1.02 bits per heavy atom. The molecule has 2 aromatic heterocycles. The molecule has 0 atom stereocenters. The van der Waals surface area contributed by atoms with Crippen LogP contribution in [-0.2, 0) is 97.4 Å². The molecule has 21 nitrogen and oxygen atoms in total. The highest BCUT2D eigenvalue weighted by atomic mass is 32.2. The molecule has 10 aromatic carbocycles. The number of aryl methyl sites for hydroxylation is 1. The molecule has 0 aliphatic carbocycles. The van der Waals surface area contributed by atoms with Gasteiger partial charge in [-0.3, -0.25) is 0 Å².